The van der Waals surface area contributed by atoms with Crippen LogP contribution in [-0.4, -0.2) is 10.6 Å². The average Bonchev–Trinajstić information content (AvgIpc) is 2.80. The normalized spacial score (nSPS) is 9.71. The Morgan fingerprint density at radius 2 is 2.21 bits per heavy atom. The molecule has 0 spiro atoms. The van der Waals surface area contributed by atoms with E-state index in [0.29, 0.717) is 12.4 Å². The molecule has 4 nitrogen and oxygen atoms in total. The number of isocyanates is 1. The van der Waals surface area contributed by atoms with Crippen LogP contribution in [0.2, 0.25) is 0 Å². The van der Waals surface area contributed by atoms with Crippen LogP contribution in [0.5, 0.6) is 0 Å². The fraction of sp³-hybridized carbons (Fsp3) is 0.100. The number of hydrogen-bond donors (Lipinski definition) is 0. The van der Waals surface area contributed by atoms with Crippen molar-refractivity contribution in [1.82, 2.24) is 4.57 Å². The van der Waals surface area contributed by atoms with Crippen LogP contribution in [0.25, 0.3) is 0 Å². The maximum atomic E-state index is 10.1. The number of carbonyl (C=O) groups excluding carboxylic acids is 1. The topological polar surface area (TPSA) is 47.5 Å². The summed E-state index contributed by atoms with van der Waals surface area (Å²) >= 11 is 0. The predicted octanol–water partition coefficient (Wildman–Crippen LogP) is 2.10. The van der Waals surface area contributed by atoms with Gasteiger partial charge in [0.05, 0.1) is 12.8 Å². The molecule has 0 saturated heterocycles. The SMILES string of the molecule is O=C=Nc1occc1Cn1cccc1. The number of hydrogen-bond acceptors (Lipinski definition) is 3. The van der Waals surface area contributed by atoms with E-state index in [-0.39, 0.29) is 0 Å². The standard InChI is InChI=1S/C10H8N2O2/c13-8-11-10-9(3-6-14-10)7-12-4-1-2-5-12/h1-6H,7H2. The third kappa shape index (κ3) is 1.65. The molecule has 0 fully saturated rings. The molecule has 0 aliphatic carbocycles. The van der Waals surface area contributed by atoms with Crippen LogP contribution >= 0.6 is 0 Å². The maximum absolute atomic E-state index is 10.1. The summed E-state index contributed by atoms with van der Waals surface area (Å²) in [5, 5.41) is 0. The van der Waals surface area contributed by atoms with Crippen molar-refractivity contribution in [2.24, 2.45) is 4.99 Å². The lowest BCUT2D eigenvalue weighted by Gasteiger charge is -1.99. The zero-order valence-electron chi connectivity index (χ0n) is 7.38. The summed E-state index contributed by atoms with van der Waals surface area (Å²) in [5.74, 6) is 0.328. The second kappa shape index (κ2) is 3.77. The molecule has 70 valence electrons. The number of aromatic nitrogens is 1. The summed E-state index contributed by atoms with van der Waals surface area (Å²) in [6.45, 7) is 0.643. The summed E-state index contributed by atoms with van der Waals surface area (Å²) in [6.07, 6.45) is 6.83. The Morgan fingerprint density at radius 1 is 1.43 bits per heavy atom. The highest BCUT2D eigenvalue weighted by atomic mass is 16.3. The smallest absolute Gasteiger partial charge is 0.243 e. The molecule has 2 heterocycles. The maximum Gasteiger partial charge on any atom is 0.243 e. The highest BCUT2D eigenvalue weighted by Gasteiger charge is 2.04. The van der Waals surface area contributed by atoms with Crippen molar-refractivity contribution in [1.29, 1.82) is 0 Å². The van der Waals surface area contributed by atoms with Gasteiger partial charge in [-0.15, -0.1) is 4.99 Å². The van der Waals surface area contributed by atoms with Crippen LogP contribution in [0.15, 0.2) is 46.3 Å². The molecule has 0 unspecified atom stereocenters. The molecule has 2 aromatic rings. The van der Waals surface area contributed by atoms with E-state index in [9.17, 15) is 4.79 Å². The van der Waals surface area contributed by atoms with Crippen molar-refractivity contribution in [2.75, 3.05) is 0 Å². The molecule has 0 atom stereocenters. The van der Waals surface area contributed by atoms with Gasteiger partial charge in [-0.3, -0.25) is 0 Å². The van der Waals surface area contributed by atoms with Gasteiger partial charge < -0.3 is 8.98 Å². The minimum Gasteiger partial charge on any atom is -0.446 e. The molecule has 0 bridgehead atoms. The highest BCUT2D eigenvalue weighted by Crippen LogP contribution is 2.20. The van der Waals surface area contributed by atoms with E-state index < -0.39 is 0 Å². The minimum atomic E-state index is 0.328. The molecule has 0 radical (unpaired) electrons. The van der Waals surface area contributed by atoms with Crippen molar-refractivity contribution in [3.8, 4) is 0 Å². The average molecular weight is 188 g/mol. The van der Waals surface area contributed by atoms with Gasteiger partial charge in [-0.05, 0) is 18.2 Å². The Bertz CT molecular complexity index is 450. The molecule has 0 aliphatic rings. The Hall–Kier alpha value is -2.06. The van der Waals surface area contributed by atoms with Crippen LogP contribution in [0.3, 0.4) is 0 Å². The molecule has 2 aromatic heterocycles. The number of aliphatic imine (C=N–C) groups is 1. The van der Waals surface area contributed by atoms with Crippen LogP contribution in [0.4, 0.5) is 5.88 Å². The van der Waals surface area contributed by atoms with E-state index in [1.54, 1.807) is 6.07 Å². The largest absolute Gasteiger partial charge is 0.446 e. The van der Waals surface area contributed by atoms with Crippen LogP contribution in [0, 0.1) is 0 Å². The van der Waals surface area contributed by atoms with E-state index in [2.05, 4.69) is 4.99 Å². The molecule has 4 heteroatoms. The lowest BCUT2D eigenvalue weighted by Crippen LogP contribution is -1.94. The predicted molar refractivity (Wildman–Crippen MR) is 50.0 cm³/mol. The number of rotatable bonds is 3. The van der Waals surface area contributed by atoms with Gasteiger partial charge in [-0.25, -0.2) is 4.79 Å². The van der Waals surface area contributed by atoms with Gasteiger partial charge in [0.1, 0.15) is 0 Å². The van der Waals surface area contributed by atoms with Gasteiger partial charge in [0.25, 0.3) is 0 Å². The number of nitrogens with zero attached hydrogens (tertiary/aromatic N) is 2. The van der Waals surface area contributed by atoms with Gasteiger partial charge >= 0.3 is 0 Å². The van der Waals surface area contributed by atoms with E-state index in [1.165, 1.54) is 12.3 Å². The molecule has 0 aromatic carbocycles. The molecule has 2 rings (SSSR count). The molecular formula is C10H8N2O2. The summed E-state index contributed by atoms with van der Waals surface area (Å²) in [5.41, 5.74) is 0.865. The molecule has 14 heavy (non-hydrogen) atoms. The first-order valence-corrected chi connectivity index (χ1v) is 4.15. The van der Waals surface area contributed by atoms with Gasteiger partial charge in [-0.2, -0.15) is 0 Å². The summed E-state index contributed by atoms with van der Waals surface area (Å²) in [6, 6.07) is 5.65. The molecule has 0 N–H and O–H groups in total. The fourth-order valence-electron chi connectivity index (χ4n) is 1.26. The van der Waals surface area contributed by atoms with Crippen molar-refractivity contribution in [3.05, 3.63) is 42.4 Å². The quantitative estimate of drug-likeness (QED) is 0.547. The highest BCUT2D eigenvalue weighted by molar-refractivity contribution is 5.47. The van der Waals surface area contributed by atoms with Crippen LogP contribution < -0.4 is 0 Å². The van der Waals surface area contributed by atoms with Crippen LogP contribution in [0.1, 0.15) is 5.56 Å². The molecular weight excluding hydrogens is 180 g/mol. The van der Waals surface area contributed by atoms with E-state index in [0.717, 1.165) is 5.56 Å². The van der Waals surface area contributed by atoms with E-state index >= 15 is 0 Å². The van der Waals surface area contributed by atoms with E-state index in [4.69, 9.17) is 4.42 Å². The zero-order valence-corrected chi connectivity index (χ0v) is 7.38. The summed E-state index contributed by atoms with van der Waals surface area (Å²) in [7, 11) is 0. The van der Waals surface area contributed by atoms with E-state index in [1.807, 2.05) is 29.1 Å². The van der Waals surface area contributed by atoms with Gasteiger partial charge in [-0.1, -0.05) is 0 Å². The summed E-state index contributed by atoms with van der Waals surface area (Å²) in [4.78, 5) is 13.5. The molecule has 0 saturated carbocycles. The Balaban J connectivity index is 2.24. The molecule has 0 amide bonds. The lowest BCUT2D eigenvalue weighted by atomic mass is 10.3. The monoisotopic (exact) mass is 188 g/mol. The second-order valence-corrected chi connectivity index (χ2v) is 2.81. The Labute approximate surface area is 80.5 Å². The van der Waals surface area contributed by atoms with Gasteiger partial charge in [0.15, 0.2) is 0 Å². The first kappa shape index (κ1) is 8.53. The Morgan fingerprint density at radius 3 is 2.93 bits per heavy atom. The van der Waals surface area contributed by atoms with Crippen molar-refractivity contribution in [3.63, 3.8) is 0 Å². The molecule has 0 aliphatic heterocycles. The second-order valence-electron chi connectivity index (χ2n) is 2.81. The van der Waals surface area contributed by atoms with Gasteiger partial charge in [0, 0.05) is 18.0 Å². The summed E-state index contributed by atoms with van der Waals surface area (Å²) < 4.78 is 6.98. The van der Waals surface area contributed by atoms with Gasteiger partial charge in [0.2, 0.25) is 12.0 Å². The number of furan rings is 1. The lowest BCUT2D eigenvalue weighted by molar-refractivity contribution is 0.553. The third-order valence-electron chi connectivity index (χ3n) is 1.89. The first-order valence-electron chi connectivity index (χ1n) is 4.15. The van der Waals surface area contributed by atoms with Crippen molar-refractivity contribution >= 4 is 12.0 Å². The van der Waals surface area contributed by atoms with Crippen molar-refractivity contribution in [2.45, 2.75) is 6.54 Å². The van der Waals surface area contributed by atoms with Crippen molar-refractivity contribution < 1.29 is 9.21 Å². The zero-order chi connectivity index (χ0) is 9.80. The first-order chi connectivity index (χ1) is 6.90. The minimum absolute atomic E-state index is 0.328. The Kier molecular flexibility index (Phi) is 2.30. The van der Waals surface area contributed by atoms with Crippen LogP contribution in [-0.2, 0) is 11.3 Å². The fourth-order valence-corrected chi connectivity index (χ4v) is 1.26. The third-order valence-corrected chi connectivity index (χ3v) is 1.89.